The van der Waals surface area contributed by atoms with Gasteiger partial charge in [-0.05, 0) is 24.5 Å². The Labute approximate surface area is 110 Å². The van der Waals surface area contributed by atoms with E-state index in [9.17, 15) is 9.59 Å². The van der Waals surface area contributed by atoms with E-state index in [1.807, 2.05) is 6.92 Å². The molecular weight excluding hydrogens is 252 g/mol. The van der Waals surface area contributed by atoms with Crippen molar-refractivity contribution < 1.29 is 9.59 Å². The van der Waals surface area contributed by atoms with Crippen LogP contribution in [0, 0.1) is 5.92 Å². The second-order valence-corrected chi connectivity index (χ2v) is 5.22. The first-order chi connectivity index (χ1) is 8.61. The van der Waals surface area contributed by atoms with E-state index >= 15 is 0 Å². The number of benzene rings is 1. The van der Waals surface area contributed by atoms with Crippen LogP contribution in [0.2, 0.25) is 5.02 Å². The molecule has 0 saturated carbocycles. The number of hydrogen-bond donors (Lipinski definition) is 0. The van der Waals surface area contributed by atoms with Crippen LogP contribution in [0.25, 0.3) is 0 Å². The monoisotopic (exact) mass is 264 g/mol. The van der Waals surface area contributed by atoms with Gasteiger partial charge in [-0.3, -0.25) is 4.79 Å². The van der Waals surface area contributed by atoms with Gasteiger partial charge in [-0.1, -0.05) is 30.7 Å². The number of anilines is 1. The van der Waals surface area contributed by atoms with Gasteiger partial charge in [-0.25, -0.2) is 9.69 Å². The summed E-state index contributed by atoms with van der Waals surface area (Å²) in [5.74, 6) is 0.0621. The van der Waals surface area contributed by atoms with Gasteiger partial charge < -0.3 is 4.90 Å². The van der Waals surface area contributed by atoms with Crippen molar-refractivity contribution in [2.24, 2.45) is 5.92 Å². The Morgan fingerprint density at radius 1 is 1.28 bits per heavy atom. The number of carbonyl (C=O) groups excluding carboxylic acids is 2. The third kappa shape index (κ3) is 1.45. The molecule has 2 aliphatic rings. The van der Waals surface area contributed by atoms with E-state index in [1.165, 1.54) is 4.90 Å². The second-order valence-electron chi connectivity index (χ2n) is 4.81. The number of rotatable bonds is 1. The van der Waals surface area contributed by atoms with Crippen molar-refractivity contribution in [3.05, 3.63) is 29.3 Å². The molecule has 3 amide bonds. The third-order valence-electron chi connectivity index (χ3n) is 3.70. The Balaban J connectivity index is 2.03. The maximum atomic E-state index is 12.4. The molecule has 2 atom stereocenters. The van der Waals surface area contributed by atoms with Crippen molar-refractivity contribution in [1.82, 2.24) is 4.90 Å². The van der Waals surface area contributed by atoms with Crippen LogP contribution in [0.1, 0.15) is 13.3 Å². The number of fused-ring (bicyclic) bond motifs is 1. The summed E-state index contributed by atoms with van der Waals surface area (Å²) < 4.78 is 0. The molecule has 4 nitrogen and oxygen atoms in total. The number of carbonyl (C=O) groups is 2. The van der Waals surface area contributed by atoms with E-state index in [1.54, 1.807) is 29.2 Å². The Bertz CT molecular complexity index is 531. The fourth-order valence-electron chi connectivity index (χ4n) is 2.75. The van der Waals surface area contributed by atoms with Crippen molar-refractivity contribution in [2.75, 3.05) is 11.4 Å². The highest BCUT2D eigenvalue weighted by Gasteiger charge is 2.51. The number of hydrogen-bond acceptors (Lipinski definition) is 2. The molecule has 0 aliphatic carbocycles. The average molecular weight is 265 g/mol. The van der Waals surface area contributed by atoms with Gasteiger partial charge in [0.05, 0.1) is 10.7 Å². The smallest absolute Gasteiger partial charge is 0.312 e. The molecule has 0 N–H and O–H groups in total. The molecule has 2 saturated heterocycles. The van der Waals surface area contributed by atoms with Crippen LogP contribution >= 0.6 is 11.6 Å². The lowest BCUT2D eigenvalue weighted by Crippen LogP contribution is -2.33. The number of amides is 3. The molecule has 2 aliphatic heterocycles. The quantitative estimate of drug-likeness (QED) is 0.732. The van der Waals surface area contributed by atoms with Gasteiger partial charge in [0.1, 0.15) is 6.04 Å². The van der Waals surface area contributed by atoms with Gasteiger partial charge in [0.2, 0.25) is 0 Å². The molecular formula is C13H13ClN2O2. The fourth-order valence-corrected chi connectivity index (χ4v) is 2.97. The van der Waals surface area contributed by atoms with Crippen LogP contribution in [0.5, 0.6) is 0 Å². The summed E-state index contributed by atoms with van der Waals surface area (Å²) in [5.41, 5.74) is 0.482. The molecule has 0 aromatic heterocycles. The average Bonchev–Trinajstić information content (AvgIpc) is 2.83. The summed E-state index contributed by atoms with van der Waals surface area (Å²) in [7, 11) is 0. The van der Waals surface area contributed by atoms with Gasteiger partial charge in [0, 0.05) is 6.54 Å². The van der Waals surface area contributed by atoms with E-state index in [-0.39, 0.29) is 23.9 Å². The summed E-state index contributed by atoms with van der Waals surface area (Å²) in [6, 6.07) is 6.38. The zero-order valence-electron chi connectivity index (χ0n) is 9.97. The number of nitrogens with zero attached hydrogens (tertiary/aromatic N) is 2. The minimum atomic E-state index is -0.311. The van der Waals surface area contributed by atoms with Crippen molar-refractivity contribution in [1.29, 1.82) is 0 Å². The Morgan fingerprint density at radius 3 is 2.67 bits per heavy atom. The van der Waals surface area contributed by atoms with Crippen LogP contribution in [0.3, 0.4) is 0 Å². The van der Waals surface area contributed by atoms with Crippen LogP contribution in [0.4, 0.5) is 10.5 Å². The second kappa shape index (κ2) is 3.99. The van der Waals surface area contributed by atoms with Crippen LogP contribution in [-0.2, 0) is 4.79 Å². The molecule has 0 bridgehead atoms. The van der Waals surface area contributed by atoms with Gasteiger partial charge in [0.15, 0.2) is 0 Å². The van der Waals surface area contributed by atoms with E-state index in [0.29, 0.717) is 17.3 Å². The molecule has 0 radical (unpaired) electrons. The van der Waals surface area contributed by atoms with E-state index in [2.05, 4.69) is 0 Å². The molecule has 1 aromatic rings. The van der Waals surface area contributed by atoms with Gasteiger partial charge in [0.25, 0.3) is 5.91 Å². The van der Waals surface area contributed by atoms with E-state index in [0.717, 1.165) is 6.42 Å². The van der Waals surface area contributed by atoms with Gasteiger partial charge >= 0.3 is 6.03 Å². The van der Waals surface area contributed by atoms with Gasteiger partial charge in [-0.2, -0.15) is 0 Å². The Morgan fingerprint density at radius 2 is 2.00 bits per heavy atom. The minimum absolute atomic E-state index is 0.155. The van der Waals surface area contributed by atoms with Crippen molar-refractivity contribution >= 4 is 29.2 Å². The lowest BCUT2D eigenvalue weighted by Gasteiger charge is -2.16. The topological polar surface area (TPSA) is 40.6 Å². The zero-order chi connectivity index (χ0) is 12.9. The van der Waals surface area contributed by atoms with E-state index in [4.69, 9.17) is 11.6 Å². The first kappa shape index (κ1) is 11.5. The summed E-state index contributed by atoms with van der Waals surface area (Å²) in [4.78, 5) is 27.5. The largest absolute Gasteiger partial charge is 0.332 e. The minimum Gasteiger partial charge on any atom is -0.312 e. The Hall–Kier alpha value is -1.55. The van der Waals surface area contributed by atoms with Gasteiger partial charge in [-0.15, -0.1) is 0 Å². The lowest BCUT2D eigenvalue weighted by atomic mass is 10.0. The number of halogens is 1. The molecule has 2 fully saturated rings. The number of urea groups is 1. The fraction of sp³-hybridized carbons (Fsp3) is 0.385. The number of imide groups is 1. The third-order valence-corrected chi connectivity index (χ3v) is 4.02. The molecule has 1 aromatic carbocycles. The maximum Gasteiger partial charge on any atom is 0.332 e. The predicted molar refractivity (Wildman–Crippen MR) is 68.6 cm³/mol. The van der Waals surface area contributed by atoms with E-state index < -0.39 is 0 Å². The number of para-hydroxylation sites is 1. The molecule has 18 heavy (non-hydrogen) atoms. The summed E-state index contributed by atoms with van der Waals surface area (Å²) >= 11 is 6.06. The lowest BCUT2D eigenvalue weighted by molar-refractivity contribution is -0.120. The van der Waals surface area contributed by atoms with Crippen LogP contribution < -0.4 is 4.90 Å². The van der Waals surface area contributed by atoms with Crippen molar-refractivity contribution in [3.63, 3.8) is 0 Å². The molecule has 3 rings (SSSR count). The zero-order valence-corrected chi connectivity index (χ0v) is 10.7. The highest BCUT2D eigenvalue weighted by Crippen LogP contribution is 2.36. The molecule has 0 spiro atoms. The van der Waals surface area contributed by atoms with Crippen molar-refractivity contribution in [3.8, 4) is 0 Å². The SMILES string of the molecule is CC1CCN2C(=O)N(c3ccccc3Cl)C(=O)C12. The normalized spacial score (nSPS) is 27.0. The maximum absolute atomic E-state index is 12.4. The molecule has 5 heteroatoms. The molecule has 2 heterocycles. The summed E-state index contributed by atoms with van der Waals surface area (Å²) in [5, 5.41) is 0.424. The highest BCUT2D eigenvalue weighted by molar-refractivity contribution is 6.36. The van der Waals surface area contributed by atoms with Crippen LogP contribution in [-0.4, -0.2) is 29.4 Å². The first-order valence-corrected chi connectivity index (χ1v) is 6.38. The summed E-state index contributed by atoms with van der Waals surface area (Å²) in [6.07, 6.45) is 0.887. The van der Waals surface area contributed by atoms with Crippen LogP contribution in [0.15, 0.2) is 24.3 Å². The van der Waals surface area contributed by atoms with Crippen molar-refractivity contribution in [2.45, 2.75) is 19.4 Å². The molecule has 2 unspecified atom stereocenters. The standard InChI is InChI=1S/C13H13ClN2O2/c1-8-6-7-15-11(8)12(17)16(13(15)18)10-5-3-2-4-9(10)14/h2-5,8,11H,6-7H2,1H3. The highest BCUT2D eigenvalue weighted by atomic mass is 35.5. The first-order valence-electron chi connectivity index (χ1n) is 6.00. The summed E-state index contributed by atoms with van der Waals surface area (Å²) in [6.45, 7) is 2.66. The predicted octanol–water partition coefficient (Wildman–Crippen LogP) is 2.52. The molecule has 94 valence electrons. The Kier molecular flexibility index (Phi) is 2.55.